The molecule has 144 valence electrons. The number of carbonyl (C=O) groups is 2. The number of hydrogen-bond donors (Lipinski definition) is 4. The minimum Gasteiger partial charge on any atom is -0.358 e. The Hall–Kier alpha value is -1.58. The Morgan fingerprint density at radius 3 is 2.32 bits per heavy atom. The zero-order valence-corrected chi connectivity index (χ0v) is 16.7. The van der Waals surface area contributed by atoms with Crippen LogP contribution < -0.4 is 10.6 Å². The van der Waals surface area contributed by atoms with Crippen molar-refractivity contribution >= 4 is 28.3 Å². The number of nitrogens with zero attached hydrogens (tertiary/aromatic N) is 1. The summed E-state index contributed by atoms with van der Waals surface area (Å²) in [6, 6.07) is 1.46. The number of nitrogens with one attached hydrogen (secondary N) is 2. The first kappa shape index (κ1) is 21.5. The van der Waals surface area contributed by atoms with Gasteiger partial charge in [0.1, 0.15) is 10.4 Å². The molecule has 0 aliphatic heterocycles. The summed E-state index contributed by atoms with van der Waals surface area (Å²) in [6.07, 6.45) is 0.534. The summed E-state index contributed by atoms with van der Waals surface area (Å²) in [5.74, 6) is -0.789. The fourth-order valence-corrected chi connectivity index (χ4v) is 3.99. The van der Waals surface area contributed by atoms with Gasteiger partial charge in [0.2, 0.25) is 11.8 Å². The fourth-order valence-electron chi connectivity index (χ4n) is 2.19. The molecule has 4 N–H and O–H groups in total. The number of hydrogen-bond acceptors (Lipinski definition) is 6. The van der Waals surface area contributed by atoms with E-state index in [9.17, 15) is 18.7 Å². The summed E-state index contributed by atoms with van der Waals surface area (Å²) in [4.78, 5) is 24.5. The molecule has 0 fully saturated rings. The molecule has 0 aliphatic carbocycles. The number of rotatable bonds is 7. The van der Waals surface area contributed by atoms with Crippen LogP contribution in [0.2, 0.25) is 0 Å². The maximum absolute atomic E-state index is 12.6. The standard InChI is InChI=1S/C16H29N3O5S/c1-8-10(2)25(22,23)16(5,6)14(21)18-12-9-11(19-24-12)15(3,4)13(20)17-7/h9-10,22-23H,8H2,1-7H3,(H,17,20)(H,18,21). The van der Waals surface area contributed by atoms with Crippen LogP contribution in [0.15, 0.2) is 10.6 Å². The van der Waals surface area contributed by atoms with Crippen LogP contribution in [0.1, 0.15) is 53.7 Å². The van der Waals surface area contributed by atoms with E-state index < -0.39 is 31.9 Å². The first-order valence-corrected chi connectivity index (χ1v) is 9.70. The van der Waals surface area contributed by atoms with Crippen LogP contribution in [0.5, 0.6) is 0 Å². The minimum atomic E-state index is -3.19. The van der Waals surface area contributed by atoms with Crippen molar-refractivity contribution in [1.82, 2.24) is 10.5 Å². The van der Waals surface area contributed by atoms with E-state index >= 15 is 0 Å². The Morgan fingerprint density at radius 2 is 1.84 bits per heavy atom. The predicted molar refractivity (Wildman–Crippen MR) is 98.9 cm³/mol. The Labute approximate surface area is 150 Å². The van der Waals surface area contributed by atoms with Crippen molar-refractivity contribution in [3.8, 4) is 0 Å². The van der Waals surface area contributed by atoms with Gasteiger partial charge in [-0.15, -0.1) is 0 Å². The molecule has 1 rings (SSSR count). The third-order valence-electron chi connectivity index (χ3n) is 4.62. The molecule has 9 heteroatoms. The second-order valence-electron chi connectivity index (χ2n) is 7.06. The normalized spacial score (nSPS) is 14.8. The third-order valence-corrected chi connectivity index (χ3v) is 7.76. The second kappa shape index (κ2) is 7.35. The molecular formula is C16H29N3O5S. The van der Waals surface area contributed by atoms with E-state index in [4.69, 9.17) is 4.52 Å². The summed E-state index contributed by atoms with van der Waals surface area (Å²) in [5.41, 5.74) is -0.579. The highest BCUT2D eigenvalue weighted by atomic mass is 32.3. The van der Waals surface area contributed by atoms with Gasteiger partial charge in [-0.05, 0) is 41.0 Å². The van der Waals surface area contributed by atoms with Gasteiger partial charge in [0.25, 0.3) is 5.91 Å². The van der Waals surface area contributed by atoms with Crippen molar-refractivity contribution in [1.29, 1.82) is 0 Å². The summed E-state index contributed by atoms with van der Waals surface area (Å²) in [5, 5.41) is 8.48. The van der Waals surface area contributed by atoms with Gasteiger partial charge in [-0.2, -0.15) is 10.6 Å². The molecule has 0 aliphatic rings. The van der Waals surface area contributed by atoms with Crippen LogP contribution in [-0.4, -0.2) is 43.1 Å². The SMILES string of the molecule is CCC(C)S(O)(O)C(C)(C)C(=O)Nc1cc(C(C)(C)C(=O)NC)no1. The second-order valence-corrected chi connectivity index (χ2v) is 10.1. The lowest BCUT2D eigenvalue weighted by Crippen LogP contribution is -2.44. The van der Waals surface area contributed by atoms with E-state index in [0.29, 0.717) is 12.1 Å². The van der Waals surface area contributed by atoms with E-state index in [1.807, 2.05) is 6.92 Å². The maximum Gasteiger partial charge on any atom is 0.251 e. The van der Waals surface area contributed by atoms with Gasteiger partial charge in [-0.3, -0.25) is 24.0 Å². The van der Waals surface area contributed by atoms with Crippen molar-refractivity contribution < 1.29 is 23.2 Å². The van der Waals surface area contributed by atoms with E-state index in [-0.39, 0.29) is 11.8 Å². The molecule has 0 radical (unpaired) electrons. The topological polar surface area (TPSA) is 125 Å². The van der Waals surface area contributed by atoms with Crippen molar-refractivity contribution in [2.75, 3.05) is 12.4 Å². The van der Waals surface area contributed by atoms with Gasteiger partial charge in [-0.25, -0.2) is 0 Å². The molecule has 0 spiro atoms. The first-order chi connectivity index (χ1) is 11.3. The Balaban J connectivity index is 3.01. The van der Waals surface area contributed by atoms with Crippen LogP contribution in [0.4, 0.5) is 5.88 Å². The summed E-state index contributed by atoms with van der Waals surface area (Å²) < 4.78 is 24.6. The largest absolute Gasteiger partial charge is 0.358 e. The van der Waals surface area contributed by atoms with Crippen LogP contribution in [0, 0.1) is 0 Å². The number of anilines is 1. The third kappa shape index (κ3) is 3.99. The fraction of sp³-hybridized carbons (Fsp3) is 0.688. The monoisotopic (exact) mass is 375 g/mol. The summed E-state index contributed by atoms with van der Waals surface area (Å²) in [7, 11) is -1.66. The number of likely N-dealkylation sites (N-methyl/N-ethyl adjacent to an activating group) is 1. The van der Waals surface area contributed by atoms with E-state index in [0.717, 1.165) is 0 Å². The smallest absolute Gasteiger partial charge is 0.251 e. The molecule has 25 heavy (non-hydrogen) atoms. The highest BCUT2D eigenvalue weighted by Gasteiger charge is 2.44. The first-order valence-electron chi connectivity index (χ1n) is 8.09. The predicted octanol–water partition coefficient (Wildman–Crippen LogP) is 2.96. The van der Waals surface area contributed by atoms with Crippen molar-refractivity contribution in [3.05, 3.63) is 11.8 Å². The summed E-state index contributed by atoms with van der Waals surface area (Å²) in [6.45, 7) is 9.85. The maximum atomic E-state index is 12.6. The van der Waals surface area contributed by atoms with Gasteiger partial charge < -0.3 is 9.84 Å². The van der Waals surface area contributed by atoms with Crippen molar-refractivity contribution in [2.45, 2.75) is 63.4 Å². The average molecular weight is 375 g/mol. The molecule has 0 bridgehead atoms. The van der Waals surface area contributed by atoms with Gasteiger partial charge >= 0.3 is 0 Å². The molecule has 2 amide bonds. The Bertz CT molecular complexity index is 639. The Morgan fingerprint density at radius 1 is 1.28 bits per heavy atom. The van der Waals surface area contributed by atoms with Crippen LogP contribution in [-0.2, 0) is 15.0 Å². The quantitative estimate of drug-likeness (QED) is 0.581. The molecule has 0 saturated carbocycles. The van der Waals surface area contributed by atoms with Gasteiger partial charge in [0, 0.05) is 18.4 Å². The molecule has 1 atom stereocenters. The van der Waals surface area contributed by atoms with E-state index in [2.05, 4.69) is 15.8 Å². The van der Waals surface area contributed by atoms with Gasteiger partial charge in [0.15, 0.2) is 0 Å². The van der Waals surface area contributed by atoms with Crippen molar-refractivity contribution in [2.24, 2.45) is 0 Å². The average Bonchev–Trinajstić information content (AvgIpc) is 3.01. The van der Waals surface area contributed by atoms with Crippen LogP contribution in [0.25, 0.3) is 0 Å². The highest BCUT2D eigenvalue weighted by molar-refractivity contribution is 8.26. The van der Waals surface area contributed by atoms with Crippen LogP contribution in [0.3, 0.4) is 0 Å². The Kier molecular flexibility index (Phi) is 6.31. The molecular weight excluding hydrogens is 346 g/mol. The van der Waals surface area contributed by atoms with E-state index in [1.165, 1.54) is 27.0 Å². The lowest BCUT2D eigenvalue weighted by Gasteiger charge is -2.48. The number of aromatic nitrogens is 1. The van der Waals surface area contributed by atoms with Crippen LogP contribution >= 0.6 is 10.6 Å². The summed E-state index contributed by atoms with van der Waals surface area (Å²) >= 11 is 0. The lowest BCUT2D eigenvalue weighted by molar-refractivity contribution is -0.125. The number of carbonyl (C=O) groups excluding carboxylic acids is 2. The molecule has 8 nitrogen and oxygen atoms in total. The molecule has 0 saturated heterocycles. The molecule has 1 aromatic rings. The zero-order chi connectivity index (χ0) is 19.6. The molecule has 1 heterocycles. The molecule has 0 aromatic carbocycles. The number of amides is 2. The van der Waals surface area contributed by atoms with Crippen molar-refractivity contribution in [3.63, 3.8) is 0 Å². The van der Waals surface area contributed by atoms with E-state index in [1.54, 1.807) is 20.8 Å². The van der Waals surface area contributed by atoms with Gasteiger partial charge in [-0.1, -0.05) is 12.1 Å². The highest BCUT2D eigenvalue weighted by Crippen LogP contribution is 2.57. The van der Waals surface area contributed by atoms with Gasteiger partial charge in [0.05, 0.1) is 5.41 Å². The minimum absolute atomic E-state index is 0.0457. The zero-order valence-electron chi connectivity index (χ0n) is 15.8. The molecule has 1 unspecified atom stereocenters. The molecule has 1 aromatic heterocycles. The lowest BCUT2D eigenvalue weighted by atomic mass is 9.88.